The van der Waals surface area contributed by atoms with Crippen LogP contribution in [0.5, 0.6) is 17.2 Å². The van der Waals surface area contributed by atoms with Gasteiger partial charge in [0.05, 0.1) is 32.1 Å². The van der Waals surface area contributed by atoms with Crippen molar-refractivity contribution in [3.63, 3.8) is 0 Å². The summed E-state index contributed by atoms with van der Waals surface area (Å²) in [6, 6.07) is 12.1. The zero-order chi connectivity index (χ0) is 24.6. The maximum absolute atomic E-state index is 6.06. The summed E-state index contributed by atoms with van der Waals surface area (Å²) >= 11 is 0. The van der Waals surface area contributed by atoms with Crippen LogP contribution in [0.3, 0.4) is 0 Å². The molecule has 0 saturated carbocycles. The van der Waals surface area contributed by atoms with E-state index in [1.165, 1.54) is 7.11 Å². The van der Waals surface area contributed by atoms with Gasteiger partial charge in [-0.2, -0.15) is 0 Å². The predicted octanol–water partition coefficient (Wildman–Crippen LogP) is 6.43. The minimum atomic E-state index is 0.439. The van der Waals surface area contributed by atoms with E-state index in [1.807, 2.05) is 62.4 Å². The van der Waals surface area contributed by atoms with E-state index < -0.39 is 0 Å². The van der Waals surface area contributed by atoms with Gasteiger partial charge in [0, 0.05) is 0 Å². The second-order valence-corrected chi connectivity index (χ2v) is 8.17. The average Bonchev–Trinajstić information content (AvgIpc) is 2.80. The van der Waals surface area contributed by atoms with Crippen molar-refractivity contribution in [3.8, 4) is 17.2 Å². The van der Waals surface area contributed by atoms with Crippen LogP contribution in [0.15, 0.2) is 53.7 Å². The van der Waals surface area contributed by atoms with Gasteiger partial charge < -0.3 is 23.8 Å². The topological polar surface area (TPSA) is 58.5 Å². The first kappa shape index (κ1) is 27.3. The van der Waals surface area contributed by atoms with E-state index in [9.17, 15) is 0 Å². The van der Waals surface area contributed by atoms with Gasteiger partial charge in [0.15, 0.2) is 0 Å². The smallest absolute Gasteiger partial charge is 0.125 e. The molecule has 0 radical (unpaired) electrons. The van der Waals surface area contributed by atoms with E-state index in [4.69, 9.17) is 23.8 Å². The van der Waals surface area contributed by atoms with E-state index >= 15 is 0 Å². The third kappa shape index (κ3) is 10.3. The molecule has 6 nitrogen and oxygen atoms in total. The molecule has 0 spiro atoms. The molecule has 186 valence electrons. The summed E-state index contributed by atoms with van der Waals surface area (Å²) < 4.78 is 23.4. The minimum absolute atomic E-state index is 0.439. The fourth-order valence-corrected chi connectivity index (χ4v) is 3.43. The monoisotopic (exact) mass is 469 g/mol. The Morgan fingerprint density at radius 2 is 1.65 bits per heavy atom. The van der Waals surface area contributed by atoms with E-state index in [-0.39, 0.29) is 0 Å². The normalized spacial score (nSPS) is 11.6. The molecule has 0 amide bonds. The lowest BCUT2D eigenvalue weighted by Gasteiger charge is -2.14. The standard InChI is InChI=1S/C28H39NO5/c1-6-7-14-33-27-17-22(2)28(23(3)18-27)34-16-10-8-9-15-32-26-13-11-12-25(19-26)21-31-20-24(4)29-30-5/h6-7,11-13,17-19H,8-10,14-16,20-21H2,1-5H3/b7-6+,29-24?. The van der Waals surface area contributed by atoms with Crippen molar-refractivity contribution in [1.82, 2.24) is 0 Å². The first-order valence-electron chi connectivity index (χ1n) is 11.9. The van der Waals surface area contributed by atoms with Gasteiger partial charge in [0.25, 0.3) is 0 Å². The second kappa shape index (κ2) is 15.8. The Balaban J connectivity index is 1.64. The van der Waals surface area contributed by atoms with Gasteiger partial charge in [-0.25, -0.2) is 0 Å². The Morgan fingerprint density at radius 1 is 0.912 bits per heavy atom. The highest BCUT2D eigenvalue weighted by Crippen LogP contribution is 2.28. The number of hydrogen-bond acceptors (Lipinski definition) is 6. The molecule has 0 bridgehead atoms. The van der Waals surface area contributed by atoms with Crippen molar-refractivity contribution in [2.45, 2.75) is 53.6 Å². The SMILES string of the molecule is C/C=C/COc1cc(C)c(OCCCCCOc2cccc(COCC(C)=NOC)c2)c(C)c1. The highest BCUT2D eigenvalue weighted by Gasteiger charge is 2.07. The number of nitrogens with zero attached hydrogens (tertiary/aromatic N) is 1. The molecule has 2 aromatic carbocycles. The summed E-state index contributed by atoms with van der Waals surface area (Å²) in [5, 5.41) is 3.84. The van der Waals surface area contributed by atoms with Crippen LogP contribution in [0.2, 0.25) is 0 Å². The molecule has 0 aliphatic carbocycles. The number of ether oxygens (including phenoxy) is 4. The number of aryl methyl sites for hydroxylation is 2. The van der Waals surface area contributed by atoms with E-state index in [0.717, 1.165) is 58.9 Å². The average molecular weight is 470 g/mol. The summed E-state index contributed by atoms with van der Waals surface area (Å²) in [7, 11) is 1.53. The van der Waals surface area contributed by atoms with Gasteiger partial charge in [-0.05, 0) is 87.9 Å². The van der Waals surface area contributed by atoms with Gasteiger partial charge in [0.1, 0.15) is 31.0 Å². The number of unbranched alkanes of at least 4 members (excludes halogenated alkanes) is 2. The Bertz CT molecular complexity index is 900. The van der Waals surface area contributed by atoms with Crippen LogP contribution in [0.1, 0.15) is 49.8 Å². The van der Waals surface area contributed by atoms with E-state index in [0.29, 0.717) is 33.0 Å². The first-order chi connectivity index (χ1) is 16.5. The first-order valence-corrected chi connectivity index (χ1v) is 11.9. The molecule has 0 saturated heterocycles. The number of oxime groups is 1. The summed E-state index contributed by atoms with van der Waals surface area (Å²) in [6.45, 7) is 10.9. The fourth-order valence-electron chi connectivity index (χ4n) is 3.43. The molecule has 0 fully saturated rings. The van der Waals surface area contributed by atoms with Crippen molar-refractivity contribution in [2.24, 2.45) is 5.16 Å². The lowest BCUT2D eigenvalue weighted by molar-refractivity contribution is 0.150. The summed E-state index contributed by atoms with van der Waals surface area (Å²) in [5.41, 5.74) is 4.07. The lowest BCUT2D eigenvalue weighted by atomic mass is 10.1. The van der Waals surface area contributed by atoms with Gasteiger partial charge in [-0.1, -0.05) is 29.4 Å². The second-order valence-electron chi connectivity index (χ2n) is 8.17. The molecule has 0 N–H and O–H groups in total. The number of hydrogen-bond donors (Lipinski definition) is 0. The summed E-state index contributed by atoms with van der Waals surface area (Å²) in [6.07, 6.45) is 6.98. The molecule has 0 unspecified atom stereocenters. The zero-order valence-electron chi connectivity index (χ0n) is 21.3. The molecular formula is C28H39NO5. The Kier molecular flexibility index (Phi) is 12.6. The van der Waals surface area contributed by atoms with Crippen LogP contribution < -0.4 is 14.2 Å². The fraction of sp³-hybridized carbons (Fsp3) is 0.464. The summed E-state index contributed by atoms with van der Waals surface area (Å²) in [5.74, 6) is 2.70. The van der Waals surface area contributed by atoms with Crippen LogP contribution in [0.4, 0.5) is 0 Å². The molecule has 2 rings (SSSR count). The van der Waals surface area contributed by atoms with Crippen LogP contribution in [0.25, 0.3) is 0 Å². The van der Waals surface area contributed by atoms with Gasteiger partial charge >= 0.3 is 0 Å². The highest BCUT2D eigenvalue weighted by atomic mass is 16.6. The van der Waals surface area contributed by atoms with Crippen molar-refractivity contribution in [1.29, 1.82) is 0 Å². The number of rotatable bonds is 16. The lowest BCUT2D eigenvalue weighted by Crippen LogP contribution is -2.05. The third-order valence-corrected chi connectivity index (χ3v) is 5.04. The molecule has 34 heavy (non-hydrogen) atoms. The maximum atomic E-state index is 6.06. The molecule has 6 heteroatoms. The van der Waals surface area contributed by atoms with Crippen LogP contribution in [-0.4, -0.2) is 39.2 Å². The Labute approximate surface area is 204 Å². The largest absolute Gasteiger partial charge is 0.494 e. The number of allylic oxidation sites excluding steroid dienone is 1. The maximum Gasteiger partial charge on any atom is 0.125 e. The van der Waals surface area contributed by atoms with Crippen LogP contribution in [-0.2, 0) is 16.2 Å². The third-order valence-electron chi connectivity index (χ3n) is 5.04. The Morgan fingerprint density at radius 3 is 2.35 bits per heavy atom. The van der Waals surface area contributed by atoms with E-state index in [2.05, 4.69) is 19.0 Å². The molecule has 0 aliphatic rings. The van der Waals surface area contributed by atoms with Crippen molar-refractivity contribution < 1.29 is 23.8 Å². The van der Waals surface area contributed by atoms with Gasteiger partial charge in [-0.3, -0.25) is 0 Å². The van der Waals surface area contributed by atoms with E-state index in [1.54, 1.807) is 0 Å². The van der Waals surface area contributed by atoms with Crippen LogP contribution >= 0.6 is 0 Å². The van der Waals surface area contributed by atoms with Crippen molar-refractivity contribution in [2.75, 3.05) is 33.5 Å². The quantitative estimate of drug-likeness (QED) is 0.123. The number of benzene rings is 2. The molecule has 0 atom stereocenters. The molecule has 0 aliphatic heterocycles. The molecule has 2 aromatic rings. The van der Waals surface area contributed by atoms with Gasteiger partial charge in [0.2, 0.25) is 0 Å². The predicted molar refractivity (Wildman–Crippen MR) is 137 cm³/mol. The Hall–Kier alpha value is -2.99. The van der Waals surface area contributed by atoms with Crippen molar-refractivity contribution in [3.05, 3.63) is 65.2 Å². The molecule has 0 aromatic heterocycles. The minimum Gasteiger partial charge on any atom is -0.494 e. The zero-order valence-corrected chi connectivity index (χ0v) is 21.3. The summed E-state index contributed by atoms with van der Waals surface area (Å²) in [4.78, 5) is 4.73. The van der Waals surface area contributed by atoms with Gasteiger partial charge in [-0.15, -0.1) is 0 Å². The van der Waals surface area contributed by atoms with Crippen molar-refractivity contribution >= 4 is 5.71 Å². The van der Waals surface area contributed by atoms with Crippen LogP contribution in [0, 0.1) is 13.8 Å². The molecule has 0 heterocycles. The highest BCUT2D eigenvalue weighted by molar-refractivity contribution is 5.82. The molecular weight excluding hydrogens is 430 g/mol.